The molecule has 0 aliphatic carbocycles. The Morgan fingerprint density at radius 3 is 2.00 bits per heavy atom. The van der Waals surface area contributed by atoms with Gasteiger partial charge in [0.05, 0.1) is 16.1 Å². The van der Waals surface area contributed by atoms with E-state index in [0.29, 0.717) is 0 Å². The summed E-state index contributed by atoms with van der Waals surface area (Å²) in [6, 6.07) is 11.7. The predicted octanol–water partition coefficient (Wildman–Crippen LogP) is 5.08. The van der Waals surface area contributed by atoms with Gasteiger partial charge in [0, 0.05) is 19.8 Å². The lowest BCUT2D eigenvalue weighted by Gasteiger charge is -2.14. The molecule has 0 fully saturated rings. The quantitative estimate of drug-likeness (QED) is 0.714. The average Bonchev–Trinajstić information content (AvgIpc) is 2.43. The molecule has 5 heteroatoms. The largest absolute Gasteiger partial charge is 0.496 e. The van der Waals surface area contributed by atoms with Crippen LogP contribution >= 0.6 is 31.9 Å². The van der Waals surface area contributed by atoms with Crippen LogP contribution in [0.1, 0.15) is 0 Å². The van der Waals surface area contributed by atoms with Crippen molar-refractivity contribution in [2.45, 2.75) is 0 Å². The van der Waals surface area contributed by atoms with Gasteiger partial charge in [0.25, 0.3) is 0 Å². The first kappa shape index (κ1) is 15.2. The van der Waals surface area contributed by atoms with Crippen LogP contribution in [0.25, 0.3) is 0 Å². The first-order valence-corrected chi connectivity index (χ1v) is 7.58. The molecule has 20 heavy (non-hydrogen) atoms. The minimum Gasteiger partial charge on any atom is -0.496 e. The van der Waals surface area contributed by atoms with E-state index in [-0.39, 0.29) is 0 Å². The molecule has 3 nitrogen and oxygen atoms in total. The number of halogens is 2. The smallest absolute Gasteiger partial charge is 0.143 e. The Kier molecular flexibility index (Phi) is 4.94. The van der Waals surface area contributed by atoms with Gasteiger partial charge in [-0.2, -0.15) is 0 Å². The van der Waals surface area contributed by atoms with E-state index in [4.69, 9.17) is 9.47 Å². The summed E-state index contributed by atoms with van der Waals surface area (Å²) in [7, 11) is 5.65. The van der Waals surface area contributed by atoms with Gasteiger partial charge in [-0.15, -0.1) is 0 Å². The van der Waals surface area contributed by atoms with E-state index in [9.17, 15) is 0 Å². The first-order valence-electron chi connectivity index (χ1n) is 5.99. The van der Waals surface area contributed by atoms with Crippen molar-refractivity contribution in [3.05, 3.63) is 45.3 Å². The molecule has 0 aliphatic rings. The second-order valence-electron chi connectivity index (χ2n) is 4.41. The molecule has 2 rings (SSSR count). The molecule has 2 aromatic carbocycles. The van der Waals surface area contributed by atoms with E-state index in [0.717, 1.165) is 31.9 Å². The third-order valence-corrected chi connectivity index (χ3v) is 4.03. The van der Waals surface area contributed by atoms with Crippen molar-refractivity contribution >= 4 is 37.5 Å². The van der Waals surface area contributed by atoms with E-state index in [1.165, 1.54) is 0 Å². The van der Waals surface area contributed by atoms with E-state index < -0.39 is 0 Å². The van der Waals surface area contributed by atoms with Gasteiger partial charge >= 0.3 is 0 Å². The number of rotatable bonds is 4. The lowest BCUT2D eigenvalue weighted by Crippen LogP contribution is -2.07. The number of anilines is 1. The number of nitrogens with zero attached hydrogens (tertiary/aromatic N) is 1. The minimum absolute atomic E-state index is 0.732. The third kappa shape index (κ3) is 3.46. The van der Waals surface area contributed by atoms with Gasteiger partial charge < -0.3 is 14.4 Å². The number of ether oxygens (including phenoxy) is 2. The van der Waals surface area contributed by atoms with E-state index in [1.54, 1.807) is 7.11 Å². The highest BCUT2D eigenvalue weighted by Gasteiger charge is 2.09. The van der Waals surface area contributed by atoms with Gasteiger partial charge in [0.15, 0.2) is 0 Å². The summed E-state index contributed by atoms with van der Waals surface area (Å²) < 4.78 is 12.8. The molecular formula is C15H15Br2NO2. The molecule has 0 heterocycles. The highest BCUT2D eigenvalue weighted by atomic mass is 79.9. The average molecular weight is 401 g/mol. The van der Waals surface area contributed by atoms with Crippen LogP contribution in [-0.4, -0.2) is 21.2 Å². The van der Waals surface area contributed by atoms with Crippen molar-refractivity contribution in [2.24, 2.45) is 0 Å². The Balaban J connectivity index is 2.23. The van der Waals surface area contributed by atoms with Crippen LogP contribution in [0.15, 0.2) is 45.3 Å². The Hall–Kier alpha value is -1.20. The molecule has 0 spiro atoms. The Morgan fingerprint density at radius 2 is 1.45 bits per heavy atom. The van der Waals surface area contributed by atoms with Gasteiger partial charge in [-0.05, 0) is 68.3 Å². The number of benzene rings is 2. The highest BCUT2D eigenvalue weighted by Crippen LogP contribution is 2.38. The molecule has 0 amide bonds. The standard InChI is InChI=1S/C15H15Br2NO2/c1-18(2)10-4-6-11(7-5-10)20-15-9-12(16)14(19-3)8-13(15)17/h4-9H,1-3H3. The monoisotopic (exact) mass is 399 g/mol. The van der Waals surface area contributed by atoms with E-state index in [2.05, 4.69) is 31.9 Å². The lowest BCUT2D eigenvalue weighted by molar-refractivity contribution is 0.409. The predicted molar refractivity (Wildman–Crippen MR) is 89.2 cm³/mol. The van der Waals surface area contributed by atoms with Gasteiger partial charge in [-0.25, -0.2) is 0 Å². The SMILES string of the molecule is COc1cc(Br)c(Oc2ccc(N(C)C)cc2)cc1Br. The maximum atomic E-state index is 5.87. The molecule has 0 N–H and O–H groups in total. The van der Waals surface area contributed by atoms with Crippen molar-refractivity contribution in [3.8, 4) is 17.2 Å². The summed E-state index contributed by atoms with van der Waals surface area (Å²) in [5.74, 6) is 2.27. The molecule has 0 aromatic heterocycles. The Morgan fingerprint density at radius 1 is 0.900 bits per heavy atom. The summed E-state index contributed by atoms with van der Waals surface area (Å²) in [5, 5.41) is 0. The molecule has 0 atom stereocenters. The van der Waals surface area contributed by atoms with Crippen LogP contribution in [0, 0.1) is 0 Å². The molecule has 0 bridgehead atoms. The molecule has 0 radical (unpaired) electrons. The van der Waals surface area contributed by atoms with Crippen LogP contribution in [0.4, 0.5) is 5.69 Å². The summed E-state index contributed by atoms with van der Waals surface area (Å²) in [5.41, 5.74) is 1.13. The zero-order chi connectivity index (χ0) is 14.7. The van der Waals surface area contributed by atoms with Crippen LogP contribution in [-0.2, 0) is 0 Å². The summed E-state index contributed by atoms with van der Waals surface area (Å²) in [4.78, 5) is 2.05. The maximum Gasteiger partial charge on any atom is 0.143 e. The maximum absolute atomic E-state index is 5.87. The minimum atomic E-state index is 0.732. The van der Waals surface area contributed by atoms with Gasteiger partial charge in [0.2, 0.25) is 0 Å². The zero-order valence-corrected chi connectivity index (χ0v) is 14.7. The lowest BCUT2D eigenvalue weighted by atomic mass is 10.3. The second kappa shape index (κ2) is 6.50. The third-order valence-electron chi connectivity index (χ3n) is 2.79. The number of hydrogen-bond donors (Lipinski definition) is 0. The van der Waals surface area contributed by atoms with Crippen LogP contribution < -0.4 is 14.4 Å². The molecule has 0 aliphatic heterocycles. The normalized spacial score (nSPS) is 10.2. The Labute approximate surface area is 135 Å². The summed E-state index contributed by atoms with van der Waals surface area (Å²) >= 11 is 6.94. The summed E-state index contributed by atoms with van der Waals surface area (Å²) in [6.45, 7) is 0. The van der Waals surface area contributed by atoms with Crippen LogP contribution in [0.5, 0.6) is 17.2 Å². The fourth-order valence-electron chi connectivity index (χ4n) is 1.68. The van der Waals surface area contributed by atoms with Crippen molar-refractivity contribution in [3.63, 3.8) is 0 Å². The van der Waals surface area contributed by atoms with Crippen molar-refractivity contribution in [2.75, 3.05) is 26.1 Å². The summed E-state index contributed by atoms with van der Waals surface area (Å²) in [6.07, 6.45) is 0. The van der Waals surface area contributed by atoms with Crippen molar-refractivity contribution in [1.29, 1.82) is 0 Å². The number of methoxy groups -OCH3 is 1. The van der Waals surface area contributed by atoms with E-state index >= 15 is 0 Å². The highest BCUT2D eigenvalue weighted by molar-refractivity contribution is 9.11. The Bertz CT molecular complexity index is 598. The molecule has 0 saturated heterocycles. The first-order chi connectivity index (χ1) is 9.51. The van der Waals surface area contributed by atoms with Crippen molar-refractivity contribution in [1.82, 2.24) is 0 Å². The van der Waals surface area contributed by atoms with Gasteiger partial charge in [-0.1, -0.05) is 0 Å². The molecular weight excluding hydrogens is 386 g/mol. The molecule has 0 saturated carbocycles. The molecule has 106 valence electrons. The topological polar surface area (TPSA) is 21.7 Å². The van der Waals surface area contributed by atoms with Gasteiger partial charge in [0.1, 0.15) is 17.2 Å². The second-order valence-corrected chi connectivity index (χ2v) is 6.12. The fraction of sp³-hybridized carbons (Fsp3) is 0.200. The van der Waals surface area contributed by atoms with Gasteiger partial charge in [-0.3, -0.25) is 0 Å². The van der Waals surface area contributed by atoms with E-state index in [1.807, 2.05) is 55.4 Å². The molecule has 2 aromatic rings. The van der Waals surface area contributed by atoms with Crippen LogP contribution in [0.3, 0.4) is 0 Å². The fourth-order valence-corrected chi connectivity index (χ4v) is 2.57. The number of hydrogen-bond acceptors (Lipinski definition) is 3. The zero-order valence-electron chi connectivity index (χ0n) is 11.5. The van der Waals surface area contributed by atoms with Crippen LogP contribution in [0.2, 0.25) is 0 Å². The van der Waals surface area contributed by atoms with Crippen molar-refractivity contribution < 1.29 is 9.47 Å². The molecule has 0 unspecified atom stereocenters.